The van der Waals surface area contributed by atoms with E-state index in [4.69, 9.17) is 16.3 Å². The zero-order valence-corrected chi connectivity index (χ0v) is 7.14. The van der Waals surface area contributed by atoms with E-state index in [0.717, 1.165) is 18.6 Å². The molecule has 2 rings (SSSR count). The molecule has 1 fully saturated rings. The highest BCUT2D eigenvalue weighted by molar-refractivity contribution is 6.31. The highest BCUT2D eigenvalue weighted by atomic mass is 35.5. The van der Waals surface area contributed by atoms with Crippen LogP contribution in [0.25, 0.3) is 0 Å². The standard InChI is InChI=1S/C9H8ClFO/c10-9-4-7(11)2-1-6(9)3-8-5-12-8/h1-2,4,8H,3,5H2. The zero-order chi connectivity index (χ0) is 8.55. The van der Waals surface area contributed by atoms with Crippen molar-refractivity contribution in [2.75, 3.05) is 6.61 Å². The van der Waals surface area contributed by atoms with Gasteiger partial charge in [-0.05, 0) is 17.7 Å². The van der Waals surface area contributed by atoms with Crippen molar-refractivity contribution in [2.45, 2.75) is 12.5 Å². The molecule has 1 atom stereocenters. The first kappa shape index (κ1) is 8.02. The second kappa shape index (κ2) is 3.04. The lowest BCUT2D eigenvalue weighted by molar-refractivity contribution is 0.407. The van der Waals surface area contributed by atoms with Crippen LogP contribution < -0.4 is 0 Å². The molecular weight excluding hydrogens is 179 g/mol. The zero-order valence-electron chi connectivity index (χ0n) is 6.39. The Hall–Kier alpha value is -0.600. The number of rotatable bonds is 2. The minimum Gasteiger partial charge on any atom is -0.373 e. The van der Waals surface area contributed by atoms with E-state index in [-0.39, 0.29) is 5.82 Å². The van der Waals surface area contributed by atoms with Gasteiger partial charge in [0.15, 0.2) is 0 Å². The highest BCUT2D eigenvalue weighted by Crippen LogP contribution is 2.23. The van der Waals surface area contributed by atoms with Gasteiger partial charge in [-0.1, -0.05) is 17.7 Å². The minimum absolute atomic E-state index is 0.291. The molecule has 1 aromatic rings. The minimum atomic E-state index is -0.291. The van der Waals surface area contributed by atoms with Gasteiger partial charge in [0.05, 0.1) is 12.7 Å². The lowest BCUT2D eigenvalue weighted by Gasteiger charge is -2.00. The number of halogens is 2. The first-order valence-corrected chi connectivity index (χ1v) is 4.19. The van der Waals surface area contributed by atoms with Crippen LogP contribution >= 0.6 is 11.6 Å². The van der Waals surface area contributed by atoms with Gasteiger partial charge in [-0.15, -0.1) is 0 Å². The molecule has 0 spiro atoms. The predicted molar refractivity (Wildman–Crippen MR) is 44.9 cm³/mol. The van der Waals surface area contributed by atoms with Crippen molar-refractivity contribution in [1.82, 2.24) is 0 Å². The molecule has 64 valence electrons. The van der Waals surface area contributed by atoms with E-state index >= 15 is 0 Å². The first-order chi connectivity index (χ1) is 5.75. The van der Waals surface area contributed by atoms with Crippen molar-refractivity contribution in [3.05, 3.63) is 34.6 Å². The molecule has 1 nitrogen and oxygen atoms in total. The third kappa shape index (κ3) is 1.76. The maximum absolute atomic E-state index is 12.6. The van der Waals surface area contributed by atoms with Crippen LogP contribution in [0.5, 0.6) is 0 Å². The maximum atomic E-state index is 12.6. The van der Waals surface area contributed by atoms with Crippen molar-refractivity contribution in [2.24, 2.45) is 0 Å². The summed E-state index contributed by atoms with van der Waals surface area (Å²) in [5.41, 5.74) is 0.959. The SMILES string of the molecule is Fc1ccc(CC2CO2)c(Cl)c1. The van der Waals surface area contributed by atoms with Gasteiger partial charge in [-0.2, -0.15) is 0 Å². The fraction of sp³-hybridized carbons (Fsp3) is 0.333. The molecule has 1 aliphatic rings. The van der Waals surface area contributed by atoms with Gasteiger partial charge in [0.1, 0.15) is 5.82 Å². The summed E-state index contributed by atoms with van der Waals surface area (Å²) in [5.74, 6) is -0.291. The Kier molecular flexibility index (Phi) is 2.03. The third-order valence-corrected chi connectivity index (χ3v) is 2.22. The molecule has 12 heavy (non-hydrogen) atoms. The number of hydrogen-bond donors (Lipinski definition) is 0. The number of benzene rings is 1. The average molecular weight is 187 g/mol. The van der Waals surface area contributed by atoms with Crippen LogP contribution in [-0.4, -0.2) is 12.7 Å². The molecule has 0 aliphatic carbocycles. The Balaban J connectivity index is 2.18. The van der Waals surface area contributed by atoms with Gasteiger partial charge in [0.2, 0.25) is 0 Å². The van der Waals surface area contributed by atoms with E-state index in [1.807, 2.05) is 0 Å². The molecule has 0 radical (unpaired) electrons. The Bertz CT molecular complexity index is 297. The molecule has 0 amide bonds. The molecule has 1 heterocycles. The molecule has 1 unspecified atom stereocenters. The van der Waals surface area contributed by atoms with Crippen molar-refractivity contribution >= 4 is 11.6 Å². The van der Waals surface area contributed by atoms with Crippen LogP contribution in [0, 0.1) is 5.82 Å². The lowest BCUT2D eigenvalue weighted by Crippen LogP contribution is -1.94. The van der Waals surface area contributed by atoms with Crippen molar-refractivity contribution < 1.29 is 9.13 Å². The summed E-state index contributed by atoms with van der Waals surface area (Å²) in [7, 11) is 0. The van der Waals surface area contributed by atoms with Gasteiger partial charge < -0.3 is 4.74 Å². The summed E-state index contributed by atoms with van der Waals surface area (Å²) < 4.78 is 17.6. The molecular formula is C9H8ClFO. The van der Waals surface area contributed by atoms with Crippen molar-refractivity contribution in [1.29, 1.82) is 0 Å². The van der Waals surface area contributed by atoms with Gasteiger partial charge in [0, 0.05) is 11.4 Å². The topological polar surface area (TPSA) is 12.5 Å². The number of hydrogen-bond acceptors (Lipinski definition) is 1. The van der Waals surface area contributed by atoms with Crippen molar-refractivity contribution in [3.8, 4) is 0 Å². The monoisotopic (exact) mass is 186 g/mol. The Morgan fingerprint density at radius 3 is 2.92 bits per heavy atom. The van der Waals surface area contributed by atoms with Crippen LogP contribution in [0.2, 0.25) is 5.02 Å². The molecule has 1 aromatic carbocycles. The quantitative estimate of drug-likeness (QED) is 0.647. The number of ether oxygens (including phenoxy) is 1. The number of epoxide rings is 1. The van der Waals surface area contributed by atoms with Crippen LogP contribution in [0.3, 0.4) is 0 Å². The van der Waals surface area contributed by atoms with Crippen LogP contribution in [0.1, 0.15) is 5.56 Å². The molecule has 0 bridgehead atoms. The van der Waals surface area contributed by atoms with E-state index < -0.39 is 0 Å². The molecule has 1 saturated heterocycles. The van der Waals surface area contributed by atoms with Gasteiger partial charge in [-0.3, -0.25) is 0 Å². The van der Waals surface area contributed by atoms with E-state index in [9.17, 15) is 4.39 Å². The summed E-state index contributed by atoms with van der Waals surface area (Å²) in [6.07, 6.45) is 1.09. The summed E-state index contributed by atoms with van der Waals surface area (Å²) in [6, 6.07) is 4.46. The molecule has 3 heteroatoms. The van der Waals surface area contributed by atoms with Crippen molar-refractivity contribution in [3.63, 3.8) is 0 Å². The van der Waals surface area contributed by atoms with Crippen LogP contribution in [0.15, 0.2) is 18.2 Å². The fourth-order valence-electron chi connectivity index (χ4n) is 1.12. The fourth-order valence-corrected chi connectivity index (χ4v) is 1.36. The van der Waals surface area contributed by atoms with Gasteiger partial charge in [0.25, 0.3) is 0 Å². The normalized spacial score (nSPS) is 21.0. The van der Waals surface area contributed by atoms with Crippen LogP contribution in [-0.2, 0) is 11.2 Å². The Morgan fingerprint density at radius 2 is 2.33 bits per heavy atom. The summed E-state index contributed by atoms with van der Waals surface area (Å²) in [4.78, 5) is 0. The van der Waals surface area contributed by atoms with E-state index in [0.29, 0.717) is 11.1 Å². The largest absolute Gasteiger partial charge is 0.373 e. The van der Waals surface area contributed by atoms with Crippen LogP contribution in [0.4, 0.5) is 4.39 Å². The smallest absolute Gasteiger partial charge is 0.124 e. The second-order valence-corrected chi connectivity index (χ2v) is 3.30. The van der Waals surface area contributed by atoms with Gasteiger partial charge in [-0.25, -0.2) is 4.39 Å². The predicted octanol–water partition coefficient (Wildman–Crippen LogP) is 2.42. The molecule has 1 aliphatic heterocycles. The molecule has 0 aromatic heterocycles. The lowest BCUT2D eigenvalue weighted by atomic mass is 10.1. The molecule has 0 N–H and O–H groups in total. The Morgan fingerprint density at radius 1 is 1.58 bits per heavy atom. The Labute approximate surface area is 75.1 Å². The van der Waals surface area contributed by atoms with Gasteiger partial charge >= 0.3 is 0 Å². The van der Waals surface area contributed by atoms with E-state index in [1.165, 1.54) is 12.1 Å². The third-order valence-electron chi connectivity index (χ3n) is 1.87. The summed E-state index contributed by atoms with van der Waals surface area (Å²) in [6.45, 7) is 0.799. The average Bonchev–Trinajstić information content (AvgIpc) is 2.79. The first-order valence-electron chi connectivity index (χ1n) is 3.81. The maximum Gasteiger partial charge on any atom is 0.124 e. The van der Waals surface area contributed by atoms with E-state index in [2.05, 4.69) is 0 Å². The highest BCUT2D eigenvalue weighted by Gasteiger charge is 2.23. The summed E-state index contributed by atoms with van der Waals surface area (Å²) in [5, 5.41) is 0.491. The summed E-state index contributed by atoms with van der Waals surface area (Å²) >= 11 is 5.81. The second-order valence-electron chi connectivity index (χ2n) is 2.90. The van der Waals surface area contributed by atoms with E-state index in [1.54, 1.807) is 6.07 Å². The molecule has 0 saturated carbocycles.